The Hall–Kier alpha value is -2.96. The van der Waals surface area contributed by atoms with Crippen LogP contribution < -0.4 is 0 Å². The first-order chi connectivity index (χ1) is 15.2. The fraction of sp³-hybridized carbons (Fsp3) is 0.520. The van der Waals surface area contributed by atoms with Gasteiger partial charge in [0, 0.05) is 32.3 Å². The van der Waals surface area contributed by atoms with Crippen molar-refractivity contribution in [2.45, 2.75) is 77.4 Å². The third-order valence-electron chi connectivity index (χ3n) is 4.88. The average Bonchev–Trinajstić information content (AvgIpc) is 3.03. The summed E-state index contributed by atoms with van der Waals surface area (Å²) in [5.41, 5.74) is -0.853. The first-order valence-corrected chi connectivity index (χ1v) is 10.9. The number of allylic oxidation sites excluding steroid dienone is 4. The molecule has 32 heavy (non-hydrogen) atoms. The maximum atomic E-state index is 12.5. The Bertz CT molecular complexity index is 788. The maximum absolute atomic E-state index is 12.5. The molecule has 0 aliphatic heterocycles. The van der Waals surface area contributed by atoms with Crippen LogP contribution in [0.25, 0.3) is 0 Å². The van der Waals surface area contributed by atoms with Crippen LogP contribution in [0.3, 0.4) is 0 Å². The van der Waals surface area contributed by atoms with Crippen molar-refractivity contribution in [3.8, 4) is 0 Å². The van der Waals surface area contributed by atoms with Crippen molar-refractivity contribution < 1.29 is 33.4 Å². The van der Waals surface area contributed by atoms with E-state index in [9.17, 15) is 19.2 Å². The predicted molar refractivity (Wildman–Crippen MR) is 121 cm³/mol. The van der Waals surface area contributed by atoms with E-state index in [0.717, 1.165) is 25.7 Å². The fourth-order valence-corrected chi connectivity index (χ4v) is 3.32. The number of methoxy groups -OCH3 is 1. The maximum Gasteiger partial charge on any atom is 0.305 e. The second-order valence-electron chi connectivity index (χ2n) is 7.58. The van der Waals surface area contributed by atoms with Gasteiger partial charge in [0.2, 0.25) is 0 Å². The number of unbranched alkanes of at least 4 members (excludes halogenated alkanes) is 3. The summed E-state index contributed by atoms with van der Waals surface area (Å²) in [6.45, 7) is 4.72. The summed E-state index contributed by atoms with van der Waals surface area (Å²) in [5.74, 6) is -1.65. The molecule has 0 aromatic carbocycles. The zero-order valence-corrected chi connectivity index (χ0v) is 19.4. The van der Waals surface area contributed by atoms with Crippen molar-refractivity contribution in [3.63, 3.8) is 0 Å². The molecule has 7 heteroatoms. The van der Waals surface area contributed by atoms with Crippen LogP contribution in [-0.4, -0.2) is 42.5 Å². The second kappa shape index (κ2) is 14.2. The molecule has 1 aliphatic carbocycles. The Kier molecular flexibility index (Phi) is 12.0. The van der Waals surface area contributed by atoms with Gasteiger partial charge in [-0.25, -0.2) is 0 Å². The van der Waals surface area contributed by atoms with Crippen LogP contribution in [0.1, 0.15) is 65.7 Å². The van der Waals surface area contributed by atoms with E-state index in [1.807, 2.05) is 12.2 Å². The summed E-state index contributed by atoms with van der Waals surface area (Å²) in [6.07, 6.45) is 16.0. The van der Waals surface area contributed by atoms with Crippen LogP contribution in [-0.2, 0) is 33.4 Å². The largest absolute Gasteiger partial charge is 0.469 e. The summed E-state index contributed by atoms with van der Waals surface area (Å²) in [4.78, 5) is 47.0. The average molecular weight is 447 g/mol. The molecule has 0 bridgehead atoms. The Morgan fingerprint density at radius 1 is 1.12 bits per heavy atom. The summed E-state index contributed by atoms with van der Waals surface area (Å²) in [6, 6.07) is 0. The molecule has 0 aromatic heterocycles. The Balaban J connectivity index is 3.02. The molecule has 0 fully saturated rings. The highest BCUT2D eigenvalue weighted by Gasteiger charge is 2.41. The first-order valence-electron chi connectivity index (χ1n) is 10.9. The number of hydrogen-bond donors (Lipinski definition) is 0. The monoisotopic (exact) mass is 446 g/mol. The molecule has 0 N–H and O–H groups in total. The Morgan fingerprint density at radius 3 is 2.50 bits per heavy atom. The van der Waals surface area contributed by atoms with Crippen LogP contribution in [0, 0.1) is 0 Å². The summed E-state index contributed by atoms with van der Waals surface area (Å²) in [7, 11) is 1.29. The topological polar surface area (TPSA) is 96.0 Å². The SMILES string of the molecule is CCCCC/C=C\C[C@]1(OC(C)=O)C=CC(=O)C1=C/C=C/[C@@H](CCC(=O)OC)OC(C)=O. The highest BCUT2D eigenvalue weighted by molar-refractivity contribution is 6.09. The van der Waals surface area contributed by atoms with Gasteiger partial charge in [-0.3, -0.25) is 19.2 Å². The highest BCUT2D eigenvalue weighted by atomic mass is 16.6. The number of ketones is 1. The van der Waals surface area contributed by atoms with Crippen LogP contribution in [0.4, 0.5) is 0 Å². The number of ether oxygens (including phenoxy) is 3. The molecule has 0 unspecified atom stereocenters. The van der Waals surface area contributed by atoms with Crippen molar-refractivity contribution in [2.75, 3.05) is 7.11 Å². The van der Waals surface area contributed by atoms with Crippen molar-refractivity contribution in [3.05, 3.63) is 48.1 Å². The molecule has 1 rings (SSSR count). The zero-order valence-electron chi connectivity index (χ0n) is 19.4. The molecule has 0 aromatic rings. The quantitative estimate of drug-likeness (QED) is 0.137. The lowest BCUT2D eigenvalue weighted by molar-refractivity contribution is -0.149. The minimum atomic E-state index is -1.17. The first kappa shape index (κ1) is 27.1. The molecule has 1 aliphatic rings. The van der Waals surface area contributed by atoms with E-state index in [0.29, 0.717) is 12.0 Å². The number of hydrogen-bond acceptors (Lipinski definition) is 7. The molecular weight excluding hydrogens is 412 g/mol. The summed E-state index contributed by atoms with van der Waals surface area (Å²) < 4.78 is 15.4. The number of esters is 3. The van der Waals surface area contributed by atoms with E-state index < -0.39 is 29.6 Å². The molecule has 0 saturated carbocycles. The number of rotatable bonds is 13. The van der Waals surface area contributed by atoms with Crippen molar-refractivity contribution in [1.82, 2.24) is 0 Å². The fourth-order valence-electron chi connectivity index (χ4n) is 3.32. The van der Waals surface area contributed by atoms with Gasteiger partial charge in [-0.15, -0.1) is 0 Å². The van der Waals surface area contributed by atoms with E-state index in [1.165, 1.54) is 27.0 Å². The van der Waals surface area contributed by atoms with Gasteiger partial charge in [0.1, 0.15) is 6.10 Å². The molecular formula is C25H34O7. The smallest absolute Gasteiger partial charge is 0.305 e. The standard InChI is InChI=1S/C25H34O7/c1-5-6-7-8-9-10-17-25(32-20(3)27)18-16-23(28)22(25)13-11-12-21(31-19(2)26)14-15-24(29)30-4/h9-13,16,18,21H,5-8,14-15,17H2,1-4H3/b10-9-,12-11+,22-13?/t21-,25-/m0/s1. The molecule has 0 saturated heterocycles. The minimum absolute atomic E-state index is 0.0794. The van der Waals surface area contributed by atoms with Crippen molar-refractivity contribution >= 4 is 23.7 Å². The van der Waals surface area contributed by atoms with Crippen molar-refractivity contribution in [2.24, 2.45) is 0 Å². The molecule has 0 radical (unpaired) electrons. The third-order valence-corrected chi connectivity index (χ3v) is 4.88. The van der Waals surface area contributed by atoms with Gasteiger partial charge in [0.25, 0.3) is 0 Å². The van der Waals surface area contributed by atoms with E-state index in [1.54, 1.807) is 24.3 Å². The Labute approximate surface area is 190 Å². The van der Waals surface area contributed by atoms with Gasteiger partial charge in [-0.2, -0.15) is 0 Å². The Morgan fingerprint density at radius 2 is 1.88 bits per heavy atom. The number of carbonyl (C=O) groups is 4. The van der Waals surface area contributed by atoms with Gasteiger partial charge >= 0.3 is 17.9 Å². The van der Waals surface area contributed by atoms with Crippen LogP contribution in [0.15, 0.2) is 48.1 Å². The van der Waals surface area contributed by atoms with E-state index in [-0.39, 0.29) is 18.6 Å². The van der Waals surface area contributed by atoms with Gasteiger partial charge in [-0.1, -0.05) is 44.1 Å². The lowest BCUT2D eigenvalue weighted by Gasteiger charge is -2.27. The lowest BCUT2D eigenvalue weighted by Crippen LogP contribution is -2.33. The molecule has 0 amide bonds. The van der Waals surface area contributed by atoms with Crippen LogP contribution >= 0.6 is 0 Å². The zero-order chi connectivity index (χ0) is 24.0. The van der Waals surface area contributed by atoms with Gasteiger partial charge < -0.3 is 14.2 Å². The van der Waals surface area contributed by atoms with Crippen LogP contribution in [0.5, 0.6) is 0 Å². The van der Waals surface area contributed by atoms with Gasteiger partial charge in [0.05, 0.1) is 7.11 Å². The molecule has 2 atom stereocenters. The third kappa shape index (κ3) is 9.45. The summed E-state index contributed by atoms with van der Waals surface area (Å²) >= 11 is 0. The normalized spacial score (nSPS) is 20.2. The lowest BCUT2D eigenvalue weighted by atomic mass is 9.91. The number of carbonyl (C=O) groups excluding carboxylic acids is 4. The molecule has 0 heterocycles. The van der Waals surface area contributed by atoms with Crippen molar-refractivity contribution in [1.29, 1.82) is 0 Å². The second-order valence-corrected chi connectivity index (χ2v) is 7.58. The molecule has 176 valence electrons. The van der Waals surface area contributed by atoms with E-state index >= 15 is 0 Å². The predicted octanol–water partition coefficient (Wildman–Crippen LogP) is 4.32. The van der Waals surface area contributed by atoms with Gasteiger partial charge in [0.15, 0.2) is 11.4 Å². The van der Waals surface area contributed by atoms with Crippen LogP contribution in [0.2, 0.25) is 0 Å². The van der Waals surface area contributed by atoms with Gasteiger partial charge in [-0.05, 0) is 37.5 Å². The molecule has 7 nitrogen and oxygen atoms in total. The summed E-state index contributed by atoms with van der Waals surface area (Å²) in [5, 5.41) is 0. The van der Waals surface area contributed by atoms with E-state index in [4.69, 9.17) is 9.47 Å². The molecule has 0 spiro atoms. The highest BCUT2D eigenvalue weighted by Crippen LogP contribution is 2.34. The van der Waals surface area contributed by atoms with E-state index in [2.05, 4.69) is 11.7 Å². The minimum Gasteiger partial charge on any atom is -0.469 e.